The van der Waals surface area contributed by atoms with E-state index >= 15 is 0 Å². The molecule has 0 aromatic carbocycles. The summed E-state index contributed by atoms with van der Waals surface area (Å²) in [6.45, 7) is 10.7. The average Bonchev–Trinajstić information content (AvgIpc) is 2.58. The van der Waals surface area contributed by atoms with Crippen LogP contribution < -0.4 is 0 Å². The van der Waals surface area contributed by atoms with Gasteiger partial charge in [0.15, 0.2) is 0 Å². The molecule has 0 saturated heterocycles. The van der Waals surface area contributed by atoms with Gasteiger partial charge in [-0.05, 0) is 19.9 Å². The summed E-state index contributed by atoms with van der Waals surface area (Å²) in [6, 6.07) is 2.50. The largest absolute Gasteiger partial charge is 0.330 e. The van der Waals surface area contributed by atoms with Crippen molar-refractivity contribution in [2.24, 2.45) is 0 Å². The molecule has 0 N–H and O–H groups in total. The summed E-state index contributed by atoms with van der Waals surface area (Å²) in [5, 5.41) is 1.11. The molecule has 3 heteroatoms. The van der Waals surface area contributed by atoms with Crippen LogP contribution in [0.25, 0.3) is 11.0 Å². The number of rotatable bonds is 1. The monoisotopic (exact) mass is 217 g/mol. The van der Waals surface area contributed by atoms with Gasteiger partial charge in [0, 0.05) is 29.2 Å². The third kappa shape index (κ3) is 1.82. The van der Waals surface area contributed by atoms with E-state index < -0.39 is 0 Å². The van der Waals surface area contributed by atoms with Gasteiger partial charge in [0.1, 0.15) is 11.5 Å². The maximum Gasteiger partial charge on any atom is 0.143 e. The van der Waals surface area contributed by atoms with Crippen LogP contribution >= 0.6 is 0 Å². The van der Waals surface area contributed by atoms with Crippen molar-refractivity contribution >= 4 is 11.0 Å². The van der Waals surface area contributed by atoms with E-state index in [1.165, 1.54) is 0 Å². The molecule has 86 valence electrons. The first kappa shape index (κ1) is 11.1. The lowest BCUT2D eigenvalue weighted by atomic mass is 9.96. The Balaban J connectivity index is 2.63. The minimum Gasteiger partial charge on any atom is -0.330 e. The van der Waals surface area contributed by atoms with Crippen molar-refractivity contribution in [3.05, 3.63) is 24.3 Å². The normalized spacial score (nSPS) is 12.6. The van der Waals surface area contributed by atoms with E-state index in [1.807, 2.05) is 6.20 Å². The van der Waals surface area contributed by atoms with Gasteiger partial charge >= 0.3 is 0 Å². The van der Waals surface area contributed by atoms with Crippen molar-refractivity contribution in [2.45, 2.75) is 46.1 Å². The lowest BCUT2D eigenvalue weighted by Gasteiger charge is -2.17. The van der Waals surface area contributed by atoms with Crippen LogP contribution in [0, 0.1) is 0 Å². The molecule has 0 fully saturated rings. The summed E-state index contributed by atoms with van der Waals surface area (Å²) in [5.41, 5.74) is 1.04. The smallest absolute Gasteiger partial charge is 0.143 e. The Labute approximate surface area is 96.5 Å². The number of nitrogens with zero attached hydrogens (tertiary/aromatic N) is 3. The summed E-state index contributed by atoms with van der Waals surface area (Å²) in [6.07, 6.45) is 4.00. The van der Waals surface area contributed by atoms with E-state index in [0.717, 1.165) is 16.9 Å². The van der Waals surface area contributed by atoms with Gasteiger partial charge < -0.3 is 4.57 Å². The van der Waals surface area contributed by atoms with Crippen molar-refractivity contribution in [2.75, 3.05) is 0 Å². The van der Waals surface area contributed by atoms with E-state index in [4.69, 9.17) is 0 Å². The maximum atomic E-state index is 4.68. The lowest BCUT2D eigenvalue weighted by Crippen LogP contribution is -2.16. The molecule has 16 heavy (non-hydrogen) atoms. The summed E-state index contributed by atoms with van der Waals surface area (Å²) < 4.78 is 2.19. The molecule has 0 saturated carbocycles. The Kier molecular flexibility index (Phi) is 2.49. The van der Waals surface area contributed by atoms with E-state index in [2.05, 4.69) is 61.4 Å². The maximum absolute atomic E-state index is 4.68. The molecule has 0 aliphatic heterocycles. The van der Waals surface area contributed by atoms with Crippen LogP contribution in [-0.2, 0) is 5.41 Å². The fourth-order valence-corrected chi connectivity index (χ4v) is 1.72. The quantitative estimate of drug-likeness (QED) is 0.733. The molecule has 2 rings (SSSR count). The van der Waals surface area contributed by atoms with Crippen LogP contribution in [0.2, 0.25) is 0 Å². The highest BCUT2D eigenvalue weighted by molar-refractivity contribution is 5.75. The Morgan fingerprint density at radius 3 is 2.50 bits per heavy atom. The summed E-state index contributed by atoms with van der Waals surface area (Å²) in [5.74, 6) is 0.903. The van der Waals surface area contributed by atoms with E-state index in [0.29, 0.717) is 6.04 Å². The highest BCUT2D eigenvalue weighted by Crippen LogP contribution is 2.22. The Bertz CT molecular complexity index is 503. The van der Waals surface area contributed by atoms with E-state index in [9.17, 15) is 0 Å². The standard InChI is InChI=1S/C13H19N3/c1-9(2)16-7-6-10-8-14-12(13(3,4)5)15-11(10)16/h6-9H,1-5H3. The molecule has 0 unspecified atom stereocenters. The van der Waals surface area contributed by atoms with Crippen LogP contribution in [0.15, 0.2) is 18.5 Å². The number of fused-ring (bicyclic) bond motifs is 1. The molecule has 0 atom stereocenters. The van der Waals surface area contributed by atoms with Crippen LogP contribution in [0.5, 0.6) is 0 Å². The Hall–Kier alpha value is -1.38. The fraction of sp³-hybridized carbons (Fsp3) is 0.538. The predicted octanol–water partition coefficient (Wildman–Crippen LogP) is 3.31. The van der Waals surface area contributed by atoms with E-state index in [-0.39, 0.29) is 5.41 Å². The van der Waals surface area contributed by atoms with Crippen LogP contribution in [0.1, 0.15) is 46.5 Å². The summed E-state index contributed by atoms with van der Waals surface area (Å²) in [4.78, 5) is 9.11. The second-order valence-corrected chi connectivity index (χ2v) is 5.54. The third-order valence-electron chi connectivity index (χ3n) is 2.68. The van der Waals surface area contributed by atoms with Crippen molar-refractivity contribution in [1.29, 1.82) is 0 Å². The average molecular weight is 217 g/mol. The van der Waals surface area contributed by atoms with Gasteiger partial charge in [-0.3, -0.25) is 0 Å². The first-order valence-electron chi connectivity index (χ1n) is 5.73. The molecular weight excluding hydrogens is 198 g/mol. The molecule has 2 aromatic heterocycles. The van der Waals surface area contributed by atoms with Crippen LogP contribution in [0.3, 0.4) is 0 Å². The SMILES string of the molecule is CC(C)n1ccc2cnc(C(C)(C)C)nc21. The highest BCUT2D eigenvalue weighted by Gasteiger charge is 2.18. The molecule has 3 nitrogen and oxygen atoms in total. The predicted molar refractivity (Wildman–Crippen MR) is 66.6 cm³/mol. The topological polar surface area (TPSA) is 30.7 Å². The van der Waals surface area contributed by atoms with Gasteiger partial charge in [-0.1, -0.05) is 20.8 Å². The first-order chi connectivity index (χ1) is 7.39. The fourth-order valence-electron chi connectivity index (χ4n) is 1.72. The highest BCUT2D eigenvalue weighted by atomic mass is 15.1. The van der Waals surface area contributed by atoms with Crippen molar-refractivity contribution in [1.82, 2.24) is 14.5 Å². The number of aromatic nitrogens is 3. The minimum atomic E-state index is 0.000267. The zero-order chi connectivity index (χ0) is 11.9. The summed E-state index contributed by atoms with van der Waals surface area (Å²) >= 11 is 0. The molecule has 0 spiro atoms. The Morgan fingerprint density at radius 1 is 1.25 bits per heavy atom. The molecule has 2 aromatic rings. The second-order valence-electron chi connectivity index (χ2n) is 5.54. The van der Waals surface area contributed by atoms with Gasteiger partial charge in [-0.25, -0.2) is 9.97 Å². The zero-order valence-electron chi connectivity index (χ0n) is 10.7. The lowest BCUT2D eigenvalue weighted by molar-refractivity contribution is 0.543. The van der Waals surface area contributed by atoms with Gasteiger partial charge in [-0.15, -0.1) is 0 Å². The molecule has 2 heterocycles. The van der Waals surface area contributed by atoms with Crippen molar-refractivity contribution < 1.29 is 0 Å². The van der Waals surface area contributed by atoms with Crippen LogP contribution in [0.4, 0.5) is 0 Å². The first-order valence-corrected chi connectivity index (χ1v) is 5.73. The molecule has 0 aliphatic rings. The van der Waals surface area contributed by atoms with Gasteiger partial charge in [0.25, 0.3) is 0 Å². The van der Waals surface area contributed by atoms with Gasteiger partial charge in [0.05, 0.1) is 0 Å². The van der Waals surface area contributed by atoms with Crippen molar-refractivity contribution in [3.63, 3.8) is 0 Å². The van der Waals surface area contributed by atoms with Crippen LogP contribution in [-0.4, -0.2) is 14.5 Å². The minimum absolute atomic E-state index is 0.000267. The molecule has 0 amide bonds. The van der Waals surface area contributed by atoms with Crippen molar-refractivity contribution in [3.8, 4) is 0 Å². The third-order valence-corrected chi connectivity index (χ3v) is 2.68. The molecular formula is C13H19N3. The molecule has 0 radical (unpaired) electrons. The molecule has 0 aliphatic carbocycles. The Morgan fingerprint density at radius 2 is 1.94 bits per heavy atom. The number of hydrogen-bond donors (Lipinski definition) is 0. The number of hydrogen-bond acceptors (Lipinski definition) is 2. The second kappa shape index (κ2) is 3.58. The van der Waals surface area contributed by atoms with Gasteiger partial charge in [-0.2, -0.15) is 0 Å². The van der Waals surface area contributed by atoms with E-state index in [1.54, 1.807) is 0 Å². The zero-order valence-corrected chi connectivity index (χ0v) is 10.7. The molecule has 0 bridgehead atoms. The summed E-state index contributed by atoms with van der Waals surface area (Å²) in [7, 11) is 0. The van der Waals surface area contributed by atoms with Gasteiger partial charge in [0.2, 0.25) is 0 Å².